The molecule has 4 heteroatoms. The summed E-state index contributed by atoms with van der Waals surface area (Å²) in [7, 11) is -2.36. The molecule has 0 saturated carbocycles. The van der Waals surface area contributed by atoms with Crippen LogP contribution in [0, 0.1) is 38.5 Å². The Morgan fingerprint density at radius 3 is 0.838 bits per heavy atom. The Bertz CT molecular complexity index is 3210. The van der Waals surface area contributed by atoms with Crippen LogP contribution in [0.15, 0.2) is 243 Å². The molecule has 68 heavy (non-hydrogen) atoms. The second-order valence-electron chi connectivity index (χ2n) is 16.3. The minimum Gasteiger partial charge on any atom is -0.366 e. The zero-order valence-corrected chi connectivity index (χ0v) is 44.0. The van der Waals surface area contributed by atoms with E-state index < -0.39 is 15.8 Å². The van der Waals surface area contributed by atoms with Crippen molar-refractivity contribution in [2.75, 3.05) is 0 Å². The van der Waals surface area contributed by atoms with Gasteiger partial charge < -0.3 is 12.8 Å². The van der Waals surface area contributed by atoms with Gasteiger partial charge in [-0.1, -0.05) is 181 Å². The summed E-state index contributed by atoms with van der Waals surface area (Å²) in [4.78, 5) is 0. The predicted octanol–water partition coefficient (Wildman–Crippen LogP) is 13.1. The van der Waals surface area contributed by atoms with Gasteiger partial charge in [0.2, 0.25) is 0 Å². The van der Waals surface area contributed by atoms with Crippen molar-refractivity contribution >= 4 is 90.8 Å². The Morgan fingerprint density at radius 2 is 0.544 bits per heavy atom. The molecule has 334 valence electrons. The molecule has 0 aliphatic heterocycles. The number of rotatable bonds is 6. The fourth-order valence-electron chi connectivity index (χ4n) is 8.92. The Balaban J connectivity index is 0.000000167. The Hall–Kier alpha value is -6.08. The van der Waals surface area contributed by atoms with Crippen LogP contribution < -0.4 is 31.8 Å². The average molecular weight is 1270 g/mol. The molecule has 0 nitrogen and oxygen atoms in total. The van der Waals surface area contributed by atoms with E-state index in [9.17, 15) is 0 Å². The first-order chi connectivity index (χ1) is 32.5. The molecule has 0 amide bonds. The zero-order chi connectivity index (χ0) is 45.2. The van der Waals surface area contributed by atoms with E-state index in [1.807, 2.05) is 72.8 Å². The van der Waals surface area contributed by atoms with Gasteiger partial charge in [-0.15, -0.1) is 23.3 Å². The topological polar surface area (TPSA) is 0 Å². The Labute approximate surface area is 435 Å². The van der Waals surface area contributed by atoms with E-state index in [2.05, 4.69) is 196 Å². The molecule has 0 atom stereocenters. The normalized spacial score (nSPS) is 10.5. The minimum atomic E-state index is -1.18. The molecule has 11 aromatic rings. The van der Waals surface area contributed by atoms with Crippen molar-refractivity contribution in [1.29, 1.82) is 0 Å². The van der Waals surface area contributed by atoms with Gasteiger partial charge in [-0.2, -0.15) is 0 Å². The van der Waals surface area contributed by atoms with Crippen molar-refractivity contribution in [3.63, 3.8) is 0 Å². The van der Waals surface area contributed by atoms with Crippen LogP contribution >= 0.6 is 15.8 Å². The molecule has 0 bridgehead atoms. The molecule has 0 aromatic heterocycles. The molecular weight excluding hydrogens is 1220 g/mol. The molecule has 11 rings (SSSR count). The first-order valence-corrected chi connectivity index (χ1v) is 25.3. The van der Waals surface area contributed by atoms with E-state index in [1.54, 1.807) is 0 Å². The number of fused-ring (bicyclic) bond motifs is 6. The zero-order valence-electron chi connectivity index (χ0n) is 37.7. The maximum atomic E-state index is 7.35. The molecule has 0 fully saturated rings. The van der Waals surface area contributed by atoms with Crippen LogP contribution in [0.4, 0.5) is 0 Å². The van der Waals surface area contributed by atoms with Crippen molar-refractivity contribution in [3.8, 4) is 11.8 Å². The van der Waals surface area contributed by atoms with Crippen LogP contribution in [0.25, 0.3) is 43.1 Å². The van der Waals surface area contributed by atoms with Crippen molar-refractivity contribution in [2.24, 2.45) is 0 Å². The van der Waals surface area contributed by atoms with E-state index >= 15 is 0 Å². The molecule has 0 aliphatic rings. The summed E-state index contributed by atoms with van der Waals surface area (Å²) < 4.78 is 0. The van der Waals surface area contributed by atoms with Gasteiger partial charge in [0.05, 0.1) is 0 Å². The molecule has 0 saturated heterocycles. The SMILES string of the molecule is Cc1cc([PH+](c2ccccc2)c2ccccc2)c([PH+](c2ccccc2)c2ccccc2)cc1C.[Au+].[Au+].[C-]#Cc1cc2ccccc2c2ccccc12.[C-]#Cc1cc2ccccc2c2ccccc12. The first-order valence-electron chi connectivity index (χ1n) is 22.3. The molecule has 0 radical (unpaired) electrons. The van der Waals surface area contributed by atoms with Crippen LogP contribution in [-0.2, 0) is 44.8 Å². The summed E-state index contributed by atoms with van der Waals surface area (Å²) in [5.41, 5.74) is 4.45. The van der Waals surface area contributed by atoms with Gasteiger partial charge in [-0.05, 0) is 118 Å². The average Bonchev–Trinajstić information content (AvgIpc) is 3.39. The van der Waals surface area contributed by atoms with Crippen LogP contribution in [0.3, 0.4) is 0 Å². The molecule has 11 aromatic carbocycles. The first kappa shape index (κ1) is 49.8. The standard InChI is InChI=1S/C32H28P2.2C16H9.2Au/c1-25-23-31(33(27-15-7-3-8-16-27)28-17-9-4-10-18-28)32(24-26(25)2)34(29-19-11-5-12-20-29)30-21-13-6-14-22-30;2*1-2-12-11-13-7-3-4-9-15(13)16-10-6-5-8-14(12)16;;/h3-24H,1-2H3;2*3-11H;;/q;2*-1;2*+1/p+2. The number of hydrogen-bond donors (Lipinski definition) is 0. The van der Waals surface area contributed by atoms with Gasteiger partial charge in [0, 0.05) is 0 Å². The molecule has 0 unspecified atom stereocenters. The van der Waals surface area contributed by atoms with Gasteiger partial charge in [-0.3, -0.25) is 11.8 Å². The largest absolute Gasteiger partial charge is 1.00 e. The van der Waals surface area contributed by atoms with Gasteiger partial charge in [-0.25, -0.2) is 0 Å². The van der Waals surface area contributed by atoms with Crippen LogP contribution in [-0.4, -0.2) is 0 Å². The summed E-state index contributed by atoms with van der Waals surface area (Å²) in [6.07, 6.45) is 14.7. The molecular formula is C64H48Au2P2+2. The van der Waals surface area contributed by atoms with Gasteiger partial charge in [0.25, 0.3) is 0 Å². The summed E-state index contributed by atoms with van der Waals surface area (Å²) in [6, 6.07) is 86.4. The molecule has 0 spiro atoms. The predicted molar refractivity (Wildman–Crippen MR) is 291 cm³/mol. The second-order valence-corrected chi connectivity index (χ2v) is 21.2. The maximum absolute atomic E-state index is 7.35. The molecule has 0 aliphatic carbocycles. The summed E-state index contributed by atoms with van der Waals surface area (Å²) in [5, 5.41) is 18.1. The van der Waals surface area contributed by atoms with E-state index in [0.29, 0.717) is 0 Å². The summed E-state index contributed by atoms with van der Waals surface area (Å²) in [6.45, 7) is 4.52. The van der Waals surface area contributed by atoms with Crippen molar-refractivity contribution in [1.82, 2.24) is 0 Å². The van der Waals surface area contributed by atoms with Crippen molar-refractivity contribution in [3.05, 3.63) is 278 Å². The van der Waals surface area contributed by atoms with Gasteiger partial charge in [0.15, 0.2) is 0 Å². The summed E-state index contributed by atoms with van der Waals surface area (Å²) in [5.74, 6) is 5.02. The second kappa shape index (κ2) is 23.8. The smallest absolute Gasteiger partial charge is 0.366 e. The van der Waals surface area contributed by atoms with E-state index in [0.717, 1.165) is 32.7 Å². The van der Waals surface area contributed by atoms with Crippen LogP contribution in [0.2, 0.25) is 0 Å². The molecule has 0 N–H and O–H groups in total. The Morgan fingerprint density at radius 1 is 0.294 bits per heavy atom. The van der Waals surface area contributed by atoms with E-state index in [4.69, 9.17) is 12.8 Å². The molecule has 0 heterocycles. The van der Waals surface area contributed by atoms with E-state index in [-0.39, 0.29) is 44.8 Å². The third-order valence-electron chi connectivity index (χ3n) is 12.2. The van der Waals surface area contributed by atoms with Crippen LogP contribution in [0.5, 0.6) is 0 Å². The Kier molecular flexibility index (Phi) is 17.4. The van der Waals surface area contributed by atoms with Gasteiger partial charge >= 0.3 is 44.8 Å². The number of aryl methyl sites for hydroxylation is 2. The summed E-state index contributed by atoms with van der Waals surface area (Å²) >= 11 is 0. The quantitative estimate of drug-likeness (QED) is 0.0512. The van der Waals surface area contributed by atoms with Crippen LogP contribution in [0.1, 0.15) is 22.3 Å². The number of benzene rings is 11. The fourth-order valence-corrected chi connectivity index (χ4v) is 15.1. The third kappa shape index (κ3) is 10.9. The van der Waals surface area contributed by atoms with Gasteiger partial charge in [0.1, 0.15) is 47.7 Å². The number of hydrogen-bond acceptors (Lipinski definition) is 0. The van der Waals surface area contributed by atoms with Crippen molar-refractivity contribution < 1.29 is 44.8 Å². The van der Waals surface area contributed by atoms with Crippen molar-refractivity contribution in [2.45, 2.75) is 13.8 Å². The third-order valence-corrected chi connectivity index (χ3v) is 18.0. The minimum absolute atomic E-state index is 0. The fraction of sp³-hybridized carbons (Fsp3) is 0.0312. The monoisotopic (exact) mass is 1270 g/mol. The maximum Gasteiger partial charge on any atom is 1.00 e. The van der Waals surface area contributed by atoms with E-state index in [1.165, 1.54) is 64.5 Å².